The van der Waals surface area contributed by atoms with Gasteiger partial charge in [0.25, 0.3) is 6.08 Å². The van der Waals surface area contributed by atoms with Crippen molar-refractivity contribution in [3.8, 4) is 5.75 Å². The van der Waals surface area contributed by atoms with Crippen molar-refractivity contribution in [3.63, 3.8) is 0 Å². The van der Waals surface area contributed by atoms with Gasteiger partial charge in [-0.05, 0) is 67.6 Å². The van der Waals surface area contributed by atoms with Crippen molar-refractivity contribution in [3.05, 3.63) is 71.3 Å². The summed E-state index contributed by atoms with van der Waals surface area (Å²) in [6.45, 7) is 3.33. The first kappa shape index (κ1) is 18.4. The molecule has 0 saturated heterocycles. The van der Waals surface area contributed by atoms with Crippen molar-refractivity contribution in [1.29, 1.82) is 0 Å². The number of ether oxygens (including phenoxy) is 1. The van der Waals surface area contributed by atoms with Crippen molar-refractivity contribution >= 4 is 18.4 Å². The van der Waals surface area contributed by atoms with Gasteiger partial charge >= 0.3 is 5.97 Å². The Balaban J connectivity index is 2.15. The molecule has 0 aliphatic rings. The van der Waals surface area contributed by atoms with Gasteiger partial charge in [0.15, 0.2) is 0 Å². The van der Waals surface area contributed by atoms with Crippen LogP contribution in [0.5, 0.6) is 5.75 Å². The van der Waals surface area contributed by atoms with E-state index in [1.807, 2.05) is 0 Å². The summed E-state index contributed by atoms with van der Waals surface area (Å²) in [5, 5.41) is 0. The Morgan fingerprint density at radius 3 is 2.24 bits per heavy atom. The van der Waals surface area contributed by atoms with Crippen molar-refractivity contribution in [2.75, 3.05) is 0 Å². The summed E-state index contributed by atoms with van der Waals surface area (Å²) >= 11 is 0. The van der Waals surface area contributed by atoms with E-state index in [9.17, 15) is 22.4 Å². The van der Waals surface area contributed by atoms with Crippen LogP contribution in [0.25, 0.3) is 0 Å². The third-order valence-electron chi connectivity index (χ3n) is 3.27. The molecule has 0 aromatic heterocycles. The van der Waals surface area contributed by atoms with E-state index >= 15 is 0 Å². The highest BCUT2D eigenvalue weighted by Gasteiger charge is 2.20. The van der Waals surface area contributed by atoms with Crippen LogP contribution in [0.1, 0.15) is 22.3 Å². The predicted molar refractivity (Wildman–Crippen MR) is 85.6 cm³/mol. The largest absolute Gasteiger partial charge is 0.423 e. The summed E-state index contributed by atoms with van der Waals surface area (Å²) < 4.78 is 56.9. The van der Waals surface area contributed by atoms with Crippen molar-refractivity contribution in [2.45, 2.75) is 12.8 Å². The summed E-state index contributed by atoms with van der Waals surface area (Å²) in [4.78, 5) is 15.6. The Bertz CT molecular complexity index is 789. The smallest absolute Gasteiger partial charge is 0.349 e. The molecule has 0 amide bonds. The standard InChI is InChI=1S/C18H13F4NO2/c1-23-12-5-7-13(8-6-12)25-18(24)17-14(19)9-11(10-15(17)20)3-2-4-16(21)22/h4-10H,1-3H2. The Hall–Kier alpha value is -2.96. The molecule has 0 aliphatic carbocycles. The van der Waals surface area contributed by atoms with Crippen molar-refractivity contribution < 1.29 is 27.1 Å². The zero-order valence-corrected chi connectivity index (χ0v) is 12.9. The second kappa shape index (κ2) is 8.23. The Morgan fingerprint density at radius 1 is 1.12 bits per heavy atom. The van der Waals surface area contributed by atoms with E-state index in [2.05, 4.69) is 11.7 Å². The van der Waals surface area contributed by atoms with Gasteiger partial charge in [0.05, 0.1) is 5.69 Å². The van der Waals surface area contributed by atoms with Crippen molar-refractivity contribution in [1.82, 2.24) is 0 Å². The molecular weight excluding hydrogens is 338 g/mol. The molecule has 0 saturated carbocycles. The highest BCUT2D eigenvalue weighted by atomic mass is 19.3. The first-order valence-corrected chi connectivity index (χ1v) is 7.18. The van der Waals surface area contributed by atoms with Gasteiger partial charge in [-0.15, -0.1) is 0 Å². The maximum atomic E-state index is 14.0. The Morgan fingerprint density at radius 2 is 1.72 bits per heavy atom. The zero-order valence-electron chi connectivity index (χ0n) is 12.9. The molecule has 2 aromatic carbocycles. The molecule has 0 spiro atoms. The van der Waals surface area contributed by atoms with E-state index < -0.39 is 29.2 Å². The quantitative estimate of drug-likeness (QED) is 0.309. The van der Waals surface area contributed by atoms with E-state index in [0.29, 0.717) is 11.8 Å². The average Bonchev–Trinajstić information content (AvgIpc) is 2.54. The van der Waals surface area contributed by atoms with Crippen LogP contribution < -0.4 is 4.74 Å². The molecule has 25 heavy (non-hydrogen) atoms. The van der Waals surface area contributed by atoms with Gasteiger partial charge in [-0.25, -0.2) is 13.6 Å². The lowest BCUT2D eigenvalue weighted by molar-refractivity contribution is 0.0724. The average molecular weight is 351 g/mol. The first-order chi connectivity index (χ1) is 11.9. The first-order valence-electron chi connectivity index (χ1n) is 7.18. The lowest BCUT2D eigenvalue weighted by Gasteiger charge is -2.08. The van der Waals surface area contributed by atoms with Crippen LogP contribution in [0, 0.1) is 11.6 Å². The van der Waals surface area contributed by atoms with Gasteiger partial charge in [-0.2, -0.15) is 8.78 Å². The Labute approximate surface area is 141 Å². The molecule has 0 unspecified atom stereocenters. The van der Waals surface area contributed by atoms with Gasteiger partial charge in [0.2, 0.25) is 0 Å². The zero-order chi connectivity index (χ0) is 18.4. The number of aryl methyl sites for hydroxylation is 1. The summed E-state index contributed by atoms with van der Waals surface area (Å²) in [7, 11) is 0. The highest BCUT2D eigenvalue weighted by Crippen LogP contribution is 2.22. The molecule has 2 rings (SSSR count). The lowest BCUT2D eigenvalue weighted by atomic mass is 10.1. The minimum Gasteiger partial charge on any atom is -0.423 e. The second-order valence-corrected chi connectivity index (χ2v) is 5.01. The van der Waals surface area contributed by atoms with Gasteiger partial charge < -0.3 is 4.74 Å². The molecule has 2 aromatic rings. The number of hydrogen-bond donors (Lipinski definition) is 0. The minimum atomic E-state index is -1.86. The summed E-state index contributed by atoms with van der Waals surface area (Å²) in [5.74, 6) is -3.34. The van der Waals surface area contributed by atoms with Gasteiger partial charge in [-0.3, -0.25) is 4.99 Å². The van der Waals surface area contributed by atoms with E-state index in [1.54, 1.807) is 0 Å². The monoisotopic (exact) mass is 351 g/mol. The predicted octanol–water partition coefficient (Wildman–Crippen LogP) is 5.23. The third kappa shape index (κ3) is 5.00. The van der Waals surface area contributed by atoms with Gasteiger partial charge in [0, 0.05) is 0 Å². The SMILES string of the molecule is C=Nc1ccc(OC(=O)c2c(F)cc(CCC=C(F)F)cc2F)cc1. The van der Waals surface area contributed by atoms with Crippen LogP contribution >= 0.6 is 0 Å². The Kier molecular flexibility index (Phi) is 6.05. The molecular formula is C18H13F4NO2. The summed E-state index contributed by atoms with van der Waals surface area (Å²) in [6, 6.07) is 7.70. The summed E-state index contributed by atoms with van der Waals surface area (Å²) in [6.07, 6.45) is -1.27. The number of nitrogens with zero attached hydrogens (tertiary/aromatic N) is 1. The van der Waals surface area contributed by atoms with Crippen LogP contribution in [-0.4, -0.2) is 12.7 Å². The number of hydrogen-bond acceptors (Lipinski definition) is 3. The van der Waals surface area contributed by atoms with E-state index in [-0.39, 0.29) is 24.2 Å². The van der Waals surface area contributed by atoms with E-state index in [1.165, 1.54) is 24.3 Å². The number of halogens is 4. The maximum Gasteiger partial charge on any atom is 0.349 e. The summed E-state index contributed by atoms with van der Waals surface area (Å²) in [5.41, 5.74) is -0.146. The molecule has 7 heteroatoms. The number of carbonyl (C=O) groups excluding carboxylic acids is 1. The number of allylic oxidation sites excluding steroid dienone is 1. The molecule has 3 nitrogen and oxygen atoms in total. The second-order valence-electron chi connectivity index (χ2n) is 5.01. The van der Waals surface area contributed by atoms with Gasteiger partial charge in [-0.1, -0.05) is 0 Å². The van der Waals surface area contributed by atoms with E-state index in [4.69, 9.17) is 4.74 Å². The van der Waals surface area contributed by atoms with Crippen LogP contribution in [0.15, 0.2) is 53.5 Å². The molecule has 0 fully saturated rings. The van der Waals surface area contributed by atoms with Crippen LogP contribution in [0.2, 0.25) is 0 Å². The number of rotatable bonds is 6. The molecule has 0 N–H and O–H groups in total. The fraction of sp³-hybridized carbons (Fsp3) is 0.111. The van der Waals surface area contributed by atoms with E-state index in [0.717, 1.165) is 12.1 Å². The lowest BCUT2D eigenvalue weighted by Crippen LogP contribution is -2.13. The molecule has 130 valence electrons. The van der Waals surface area contributed by atoms with Crippen LogP contribution in [-0.2, 0) is 6.42 Å². The third-order valence-corrected chi connectivity index (χ3v) is 3.27. The normalized spacial score (nSPS) is 10.2. The molecule has 0 atom stereocenters. The number of aliphatic imine (C=N–C) groups is 1. The molecule has 0 bridgehead atoms. The van der Waals surface area contributed by atoms with Crippen molar-refractivity contribution in [2.24, 2.45) is 4.99 Å². The number of benzene rings is 2. The van der Waals surface area contributed by atoms with Crippen LogP contribution in [0.3, 0.4) is 0 Å². The highest BCUT2D eigenvalue weighted by molar-refractivity contribution is 5.91. The van der Waals surface area contributed by atoms with Gasteiger partial charge in [0.1, 0.15) is 22.9 Å². The molecule has 0 heterocycles. The molecule has 0 aliphatic heterocycles. The fourth-order valence-corrected chi connectivity index (χ4v) is 2.09. The fourth-order valence-electron chi connectivity index (χ4n) is 2.09. The number of carbonyl (C=O) groups is 1. The molecule has 0 radical (unpaired) electrons. The maximum absolute atomic E-state index is 14.0. The van der Waals surface area contributed by atoms with Crippen LogP contribution in [0.4, 0.5) is 23.2 Å². The number of esters is 1. The minimum absolute atomic E-state index is 0.0104. The topological polar surface area (TPSA) is 38.7 Å².